The lowest BCUT2D eigenvalue weighted by Gasteiger charge is -2.23. The summed E-state index contributed by atoms with van der Waals surface area (Å²) in [6.07, 6.45) is -3.36. The zero-order chi connectivity index (χ0) is 19.6. The van der Waals surface area contributed by atoms with E-state index in [4.69, 9.17) is 4.74 Å². The molecule has 1 rings (SSSR count). The van der Waals surface area contributed by atoms with Gasteiger partial charge in [-0.3, -0.25) is 4.99 Å². The maximum Gasteiger partial charge on any atom is 0.416 e. The number of likely N-dealkylation sites (N-methyl/N-ethyl adjacent to an activating group) is 1. The van der Waals surface area contributed by atoms with E-state index in [0.717, 1.165) is 43.8 Å². The first-order valence-electron chi connectivity index (χ1n) is 8.53. The normalized spacial score (nSPS) is 12.1. The van der Waals surface area contributed by atoms with E-state index in [1.54, 1.807) is 14.2 Å². The van der Waals surface area contributed by atoms with E-state index >= 15 is 0 Å². The maximum atomic E-state index is 12.6. The van der Waals surface area contributed by atoms with Crippen molar-refractivity contribution in [3.8, 4) is 0 Å². The summed E-state index contributed by atoms with van der Waals surface area (Å²) in [5.74, 6) is 0.712. The standard InChI is InChI=1S/C18H29F3N4O.HI/c1-22-17(23-10-5-11-24(2)12-13-26-4)25(3)14-15-6-8-16(9-7-15)18(19,20)21;/h6-9H,5,10-14H2,1-4H3,(H,22,23);1H. The highest BCUT2D eigenvalue weighted by Gasteiger charge is 2.29. The molecule has 0 aliphatic heterocycles. The van der Waals surface area contributed by atoms with E-state index < -0.39 is 11.7 Å². The van der Waals surface area contributed by atoms with Crippen LogP contribution in [0.25, 0.3) is 0 Å². The highest BCUT2D eigenvalue weighted by molar-refractivity contribution is 14.0. The number of hydrogen-bond donors (Lipinski definition) is 1. The lowest BCUT2D eigenvalue weighted by Crippen LogP contribution is -2.39. The molecule has 0 aliphatic carbocycles. The molecule has 0 aromatic heterocycles. The van der Waals surface area contributed by atoms with Crippen LogP contribution in [-0.4, -0.2) is 70.3 Å². The van der Waals surface area contributed by atoms with Crippen LogP contribution in [0.1, 0.15) is 17.5 Å². The fourth-order valence-electron chi connectivity index (χ4n) is 2.44. The van der Waals surface area contributed by atoms with E-state index in [1.165, 1.54) is 12.1 Å². The summed E-state index contributed by atoms with van der Waals surface area (Å²) < 4.78 is 42.9. The van der Waals surface area contributed by atoms with Crippen LogP contribution in [0.4, 0.5) is 13.2 Å². The fraction of sp³-hybridized carbons (Fsp3) is 0.611. The second kappa shape index (κ2) is 13.2. The number of methoxy groups -OCH3 is 1. The number of hydrogen-bond acceptors (Lipinski definition) is 3. The van der Waals surface area contributed by atoms with Crippen molar-refractivity contribution in [3.05, 3.63) is 35.4 Å². The van der Waals surface area contributed by atoms with E-state index in [9.17, 15) is 13.2 Å². The Bertz CT molecular complexity index is 553. The average molecular weight is 502 g/mol. The van der Waals surface area contributed by atoms with Crippen LogP contribution in [-0.2, 0) is 17.5 Å². The monoisotopic (exact) mass is 502 g/mol. The lowest BCUT2D eigenvalue weighted by molar-refractivity contribution is -0.137. The highest BCUT2D eigenvalue weighted by atomic mass is 127. The second-order valence-electron chi connectivity index (χ2n) is 6.17. The molecule has 27 heavy (non-hydrogen) atoms. The highest BCUT2D eigenvalue weighted by Crippen LogP contribution is 2.29. The number of nitrogens with zero attached hydrogens (tertiary/aromatic N) is 3. The van der Waals surface area contributed by atoms with Gasteiger partial charge in [0.05, 0.1) is 12.2 Å². The van der Waals surface area contributed by atoms with Gasteiger partial charge in [-0.05, 0) is 37.7 Å². The summed E-state index contributed by atoms with van der Waals surface area (Å²) in [6, 6.07) is 5.21. The molecular formula is C18H30F3IN4O. The van der Waals surface area contributed by atoms with Gasteiger partial charge in [-0.2, -0.15) is 13.2 Å². The summed E-state index contributed by atoms with van der Waals surface area (Å²) in [5, 5.41) is 3.27. The Morgan fingerprint density at radius 3 is 2.30 bits per heavy atom. The smallest absolute Gasteiger partial charge is 0.383 e. The molecule has 156 valence electrons. The number of ether oxygens (including phenoxy) is 1. The van der Waals surface area contributed by atoms with Crippen LogP contribution in [0.2, 0.25) is 0 Å². The van der Waals surface area contributed by atoms with Gasteiger partial charge in [0.25, 0.3) is 0 Å². The van der Waals surface area contributed by atoms with Crippen molar-refractivity contribution in [1.82, 2.24) is 15.1 Å². The van der Waals surface area contributed by atoms with Gasteiger partial charge < -0.3 is 19.9 Å². The number of rotatable bonds is 9. The van der Waals surface area contributed by atoms with Gasteiger partial charge >= 0.3 is 6.18 Å². The second-order valence-corrected chi connectivity index (χ2v) is 6.17. The third-order valence-electron chi connectivity index (χ3n) is 3.95. The molecule has 0 saturated carbocycles. The number of nitrogens with one attached hydrogen (secondary N) is 1. The Kier molecular flexibility index (Phi) is 12.6. The van der Waals surface area contributed by atoms with Crippen molar-refractivity contribution in [2.75, 3.05) is 54.5 Å². The van der Waals surface area contributed by atoms with Crippen LogP contribution < -0.4 is 5.32 Å². The minimum absolute atomic E-state index is 0. The minimum atomic E-state index is -4.31. The maximum absolute atomic E-state index is 12.6. The van der Waals surface area contributed by atoms with Crippen molar-refractivity contribution < 1.29 is 17.9 Å². The molecule has 1 N–H and O–H groups in total. The van der Waals surface area contributed by atoms with Crippen LogP contribution in [0.15, 0.2) is 29.3 Å². The molecule has 0 bridgehead atoms. The molecule has 0 atom stereocenters. The molecule has 0 heterocycles. The van der Waals surface area contributed by atoms with Gasteiger partial charge in [0.1, 0.15) is 0 Å². The number of benzene rings is 1. The van der Waals surface area contributed by atoms with Gasteiger partial charge in [0.15, 0.2) is 5.96 Å². The van der Waals surface area contributed by atoms with E-state index in [1.807, 2.05) is 19.0 Å². The topological polar surface area (TPSA) is 40.1 Å². The lowest BCUT2D eigenvalue weighted by atomic mass is 10.1. The van der Waals surface area contributed by atoms with Gasteiger partial charge in [-0.25, -0.2) is 0 Å². The number of guanidine groups is 1. The molecule has 1 aromatic rings. The summed E-state index contributed by atoms with van der Waals surface area (Å²) in [6.45, 7) is 3.78. The Morgan fingerprint density at radius 2 is 1.78 bits per heavy atom. The first kappa shape index (κ1) is 25.9. The predicted molar refractivity (Wildman–Crippen MR) is 114 cm³/mol. The molecule has 0 saturated heterocycles. The molecular weight excluding hydrogens is 472 g/mol. The van der Waals surface area contributed by atoms with Crippen molar-refractivity contribution in [3.63, 3.8) is 0 Å². The summed E-state index contributed by atoms with van der Waals surface area (Å²) in [5.41, 5.74) is 0.159. The summed E-state index contributed by atoms with van der Waals surface area (Å²) >= 11 is 0. The van der Waals surface area contributed by atoms with E-state index in [-0.39, 0.29) is 24.0 Å². The van der Waals surface area contributed by atoms with Crippen molar-refractivity contribution in [2.45, 2.75) is 19.1 Å². The minimum Gasteiger partial charge on any atom is -0.383 e. The Hall–Kier alpha value is -1.07. The SMILES string of the molecule is CN=C(NCCCN(C)CCOC)N(C)Cc1ccc(C(F)(F)F)cc1.I. The molecule has 1 aromatic carbocycles. The van der Waals surface area contributed by atoms with E-state index in [0.29, 0.717) is 19.1 Å². The molecule has 0 radical (unpaired) electrons. The molecule has 0 fully saturated rings. The largest absolute Gasteiger partial charge is 0.416 e. The number of alkyl halides is 3. The molecule has 0 spiro atoms. The fourth-order valence-corrected chi connectivity index (χ4v) is 2.44. The Balaban J connectivity index is 0.00000676. The third kappa shape index (κ3) is 10.2. The van der Waals surface area contributed by atoms with Crippen molar-refractivity contribution >= 4 is 29.9 Å². The van der Waals surface area contributed by atoms with Gasteiger partial charge in [0.2, 0.25) is 0 Å². The van der Waals surface area contributed by atoms with Crippen LogP contribution in [0, 0.1) is 0 Å². The van der Waals surface area contributed by atoms with Crippen molar-refractivity contribution in [2.24, 2.45) is 4.99 Å². The van der Waals surface area contributed by atoms with Crippen LogP contribution in [0.5, 0.6) is 0 Å². The third-order valence-corrected chi connectivity index (χ3v) is 3.95. The van der Waals surface area contributed by atoms with Crippen molar-refractivity contribution in [1.29, 1.82) is 0 Å². The summed E-state index contributed by atoms with van der Waals surface area (Å²) in [7, 11) is 7.28. The van der Waals surface area contributed by atoms with Crippen LogP contribution >= 0.6 is 24.0 Å². The number of aliphatic imine (C=N–C) groups is 1. The predicted octanol–water partition coefficient (Wildman–Crippen LogP) is 3.30. The Morgan fingerprint density at radius 1 is 1.15 bits per heavy atom. The molecule has 5 nitrogen and oxygen atoms in total. The molecule has 0 aliphatic rings. The van der Waals surface area contributed by atoms with Gasteiger partial charge in [-0.15, -0.1) is 24.0 Å². The van der Waals surface area contributed by atoms with Gasteiger partial charge in [0, 0.05) is 40.8 Å². The molecule has 9 heteroatoms. The first-order valence-corrected chi connectivity index (χ1v) is 8.53. The average Bonchev–Trinajstić information content (AvgIpc) is 2.59. The zero-order valence-corrected chi connectivity index (χ0v) is 18.7. The number of halogens is 4. The quantitative estimate of drug-likeness (QED) is 0.244. The Labute approximate surface area is 177 Å². The van der Waals surface area contributed by atoms with Gasteiger partial charge in [-0.1, -0.05) is 12.1 Å². The summed E-state index contributed by atoms with van der Waals surface area (Å²) in [4.78, 5) is 8.31. The van der Waals surface area contributed by atoms with Crippen LogP contribution in [0.3, 0.4) is 0 Å². The first-order chi connectivity index (χ1) is 12.3. The molecule has 0 unspecified atom stereocenters. The zero-order valence-electron chi connectivity index (χ0n) is 16.3. The van der Waals surface area contributed by atoms with E-state index in [2.05, 4.69) is 15.2 Å². The molecule has 0 amide bonds.